The fraction of sp³-hybridized carbons (Fsp3) is 0.0417. The fourth-order valence-corrected chi connectivity index (χ4v) is 6.95. The molecular weight excluding hydrogens is 784 g/mol. The van der Waals surface area contributed by atoms with E-state index < -0.39 is 0 Å². The molecule has 0 saturated carbocycles. The molecule has 10 rings (SSSR count). The summed E-state index contributed by atoms with van der Waals surface area (Å²) in [6, 6.07) is 36.3. The molecule has 62 heavy (non-hydrogen) atoms. The molecule has 0 aliphatic rings. The molecule has 3 aromatic carbocycles. The van der Waals surface area contributed by atoms with Crippen LogP contribution in [0.1, 0.15) is 20.7 Å². The van der Waals surface area contributed by atoms with Crippen molar-refractivity contribution in [2.75, 3.05) is 14.1 Å². The average molecular weight is 819 g/mol. The molecule has 13 nitrogen and oxygen atoms in total. The van der Waals surface area contributed by atoms with Crippen LogP contribution in [0, 0.1) is 5.82 Å². The third-order valence-electron chi connectivity index (χ3n) is 10.1. The van der Waals surface area contributed by atoms with Crippen LogP contribution in [-0.4, -0.2) is 65.1 Å². The molecule has 0 unspecified atom stereocenters. The van der Waals surface area contributed by atoms with Gasteiger partial charge in [-0.2, -0.15) is 10.2 Å². The second-order valence-corrected chi connectivity index (χ2v) is 14.0. The third-order valence-corrected chi connectivity index (χ3v) is 10.1. The lowest BCUT2D eigenvalue weighted by Gasteiger charge is -2.07. The van der Waals surface area contributed by atoms with Crippen molar-refractivity contribution in [3.05, 3.63) is 182 Å². The van der Waals surface area contributed by atoms with Crippen molar-refractivity contribution in [3.63, 3.8) is 0 Å². The van der Waals surface area contributed by atoms with Gasteiger partial charge in [0.05, 0.1) is 48.1 Å². The second-order valence-electron chi connectivity index (χ2n) is 14.0. The summed E-state index contributed by atoms with van der Waals surface area (Å²) in [5.41, 5.74) is 11.9. The maximum absolute atomic E-state index is 13.3. The second kappa shape index (κ2) is 16.9. The van der Waals surface area contributed by atoms with Crippen LogP contribution in [0.25, 0.3) is 78.8 Å². The fourth-order valence-electron chi connectivity index (χ4n) is 6.95. The number of furan rings is 1. The van der Waals surface area contributed by atoms with Crippen molar-refractivity contribution >= 4 is 23.1 Å². The van der Waals surface area contributed by atoms with Crippen LogP contribution in [0.2, 0.25) is 0 Å². The molecule has 0 fully saturated rings. The lowest BCUT2D eigenvalue weighted by molar-refractivity contribution is 0.0955. The van der Waals surface area contributed by atoms with Gasteiger partial charge in [-0.15, -0.1) is 0 Å². The van der Waals surface area contributed by atoms with Crippen LogP contribution >= 0.6 is 0 Å². The van der Waals surface area contributed by atoms with Crippen LogP contribution in [0.5, 0.6) is 0 Å². The van der Waals surface area contributed by atoms with Crippen LogP contribution in [0.3, 0.4) is 0 Å². The summed E-state index contributed by atoms with van der Waals surface area (Å²) in [6.07, 6.45) is 12.2. The first-order valence-electron chi connectivity index (χ1n) is 19.4. The molecule has 0 saturated heterocycles. The van der Waals surface area contributed by atoms with Gasteiger partial charge in [-0.25, -0.2) is 23.4 Å². The Balaban J connectivity index is 0.000000158. The molecule has 0 atom stereocenters. The standard InChI is InChI=1S/C25H18FN5O.C23H17N5O2/c1-27-25(32)19-4-2-3-17(11-19)20-13-24-29-15-23(31(24)30-14-20)18-9-10-28-22(12-18)16-5-7-21(26)8-6-16;1-24-23(29)17-5-2-4-15(10-17)18-12-22-26-14-20(28(22)27-13-18)16-7-8-25-19(11-16)21-6-3-9-30-21/h2-15H,1H3,(H,27,32);2-14H,1H3,(H,24,29). The van der Waals surface area contributed by atoms with Crippen LogP contribution in [0.15, 0.2) is 169 Å². The zero-order chi connectivity index (χ0) is 42.6. The monoisotopic (exact) mass is 818 g/mol. The number of imidazole rings is 2. The van der Waals surface area contributed by atoms with Gasteiger partial charge in [0.2, 0.25) is 0 Å². The number of aromatic nitrogens is 8. The Morgan fingerprint density at radius 1 is 0.516 bits per heavy atom. The van der Waals surface area contributed by atoms with E-state index >= 15 is 0 Å². The van der Waals surface area contributed by atoms with E-state index in [2.05, 4.69) is 40.8 Å². The number of hydrogen-bond donors (Lipinski definition) is 2. The zero-order valence-corrected chi connectivity index (χ0v) is 33.3. The smallest absolute Gasteiger partial charge is 0.251 e. The lowest BCUT2D eigenvalue weighted by Crippen LogP contribution is -2.17. The Labute approximate surface area is 353 Å². The number of halogens is 1. The number of benzene rings is 3. The molecule has 302 valence electrons. The number of nitrogens with zero attached hydrogens (tertiary/aromatic N) is 8. The molecule has 0 aliphatic carbocycles. The van der Waals surface area contributed by atoms with Gasteiger partial charge in [-0.3, -0.25) is 19.6 Å². The highest BCUT2D eigenvalue weighted by molar-refractivity contribution is 5.96. The molecule has 7 heterocycles. The van der Waals surface area contributed by atoms with Crippen molar-refractivity contribution in [1.29, 1.82) is 0 Å². The topological polar surface area (TPSA) is 158 Å². The summed E-state index contributed by atoms with van der Waals surface area (Å²) in [5, 5.41) is 14.5. The Morgan fingerprint density at radius 3 is 1.56 bits per heavy atom. The average Bonchev–Trinajstić information content (AvgIpc) is 4.13. The Kier molecular flexibility index (Phi) is 10.6. The summed E-state index contributed by atoms with van der Waals surface area (Å²) < 4.78 is 22.2. The number of nitrogens with one attached hydrogen (secondary N) is 2. The highest BCUT2D eigenvalue weighted by Crippen LogP contribution is 2.29. The number of carbonyl (C=O) groups is 2. The summed E-state index contributed by atoms with van der Waals surface area (Å²) in [7, 11) is 3.22. The normalized spacial score (nSPS) is 11.0. The Morgan fingerprint density at radius 2 is 1.05 bits per heavy atom. The molecule has 7 aromatic heterocycles. The van der Waals surface area contributed by atoms with Crippen LogP contribution in [0.4, 0.5) is 4.39 Å². The SMILES string of the molecule is CNC(=O)c1cccc(-c2cnn3c(-c4ccnc(-c5ccc(F)cc5)c4)cnc3c2)c1.CNC(=O)c1cccc(-c2cnn3c(-c4ccnc(-c5ccco5)c4)cnc3c2)c1. The van der Waals surface area contributed by atoms with Gasteiger partial charge >= 0.3 is 0 Å². The summed E-state index contributed by atoms with van der Waals surface area (Å²) in [6.45, 7) is 0. The molecule has 0 aliphatic heterocycles. The van der Waals surface area contributed by atoms with E-state index in [1.807, 2.05) is 84.9 Å². The van der Waals surface area contributed by atoms with Crippen LogP contribution < -0.4 is 10.6 Å². The Bertz CT molecular complexity index is 3230. The van der Waals surface area contributed by atoms with Crippen molar-refractivity contribution in [1.82, 2.24) is 49.8 Å². The van der Waals surface area contributed by atoms with Crippen molar-refractivity contribution < 1.29 is 18.4 Å². The van der Waals surface area contributed by atoms with Crippen molar-refractivity contribution in [2.45, 2.75) is 0 Å². The Hall–Kier alpha value is -8.65. The predicted octanol–water partition coefficient (Wildman–Crippen LogP) is 8.70. The first-order valence-corrected chi connectivity index (χ1v) is 19.4. The van der Waals surface area contributed by atoms with E-state index in [9.17, 15) is 14.0 Å². The van der Waals surface area contributed by atoms with E-state index in [1.165, 1.54) is 12.1 Å². The van der Waals surface area contributed by atoms with Gasteiger partial charge in [-0.05, 0) is 108 Å². The maximum atomic E-state index is 13.3. The van der Waals surface area contributed by atoms with Crippen molar-refractivity contribution in [2.24, 2.45) is 0 Å². The molecule has 0 radical (unpaired) electrons. The molecule has 10 aromatic rings. The molecule has 2 amide bonds. The first kappa shape index (κ1) is 38.8. The molecule has 14 heteroatoms. The quantitative estimate of drug-likeness (QED) is 0.153. The van der Waals surface area contributed by atoms with Gasteiger partial charge in [0.25, 0.3) is 11.8 Å². The first-order chi connectivity index (χ1) is 30.3. The predicted molar refractivity (Wildman–Crippen MR) is 233 cm³/mol. The largest absolute Gasteiger partial charge is 0.463 e. The minimum absolute atomic E-state index is 0.126. The van der Waals surface area contributed by atoms with Crippen LogP contribution in [-0.2, 0) is 0 Å². The summed E-state index contributed by atoms with van der Waals surface area (Å²) in [4.78, 5) is 41.7. The minimum atomic E-state index is -0.285. The van der Waals surface area contributed by atoms with Gasteiger partial charge in [0.15, 0.2) is 17.1 Å². The zero-order valence-electron chi connectivity index (χ0n) is 33.3. The molecule has 0 bridgehead atoms. The number of carbonyl (C=O) groups excluding carboxylic acids is 2. The third kappa shape index (κ3) is 7.90. The summed E-state index contributed by atoms with van der Waals surface area (Å²) in [5.74, 6) is 0.155. The molecule has 2 N–H and O–H groups in total. The summed E-state index contributed by atoms with van der Waals surface area (Å²) >= 11 is 0. The molecule has 0 spiro atoms. The van der Waals surface area contributed by atoms with E-state index in [0.29, 0.717) is 28.2 Å². The van der Waals surface area contributed by atoms with E-state index in [1.54, 1.807) is 90.8 Å². The van der Waals surface area contributed by atoms with E-state index in [4.69, 9.17) is 4.42 Å². The van der Waals surface area contributed by atoms with Gasteiger partial charge in [0.1, 0.15) is 11.5 Å². The number of hydrogen-bond acceptors (Lipinski definition) is 9. The van der Waals surface area contributed by atoms with Gasteiger partial charge < -0.3 is 15.1 Å². The lowest BCUT2D eigenvalue weighted by atomic mass is 10.0. The number of pyridine rings is 2. The van der Waals surface area contributed by atoms with E-state index in [-0.39, 0.29) is 17.6 Å². The number of rotatable bonds is 8. The van der Waals surface area contributed by atoms with E-state index in [0.717, 1.165) is 61.7 Å². The minimum Gasteiger partial charge on any atom is -0.463 e. The highest BCUT2D eigenvalue weighted by atomic mass is 19.1. The maximum Gasteiger partial charge on any atom is 0.251 e. The number of amides is 2. The van der Waals surface area contributed by atoms with Gasteiger partial charge in [-0.1, -0.05) is 24.3 Å². The van der Waals surface area contributed by atoms with Crippen molar-refractivity contribution in [3.8, 4) is 67.5 Å². The van der Waals surface area contributed by atoms with Gasteiger partial charge in [0, 0.05) is 65.4 Å². The number of fused-ring (bicyclic) bond motifs is 2. The highest BCUT2D eigenvalue weighted by Gasteiger charge is 2.14. The molecular formula is C48H35FN10O3.